The minimum absolute atomic E-state index is 0.0934. The molecule has 0 spiro atoms. The fourth-order valence-corrected chi connectivity index (χ4v) is 8.41. The van der Waals surface area contributed by atoms with Crippen molar-refractivity contribution in [1.82, 2.24) is 0 Å². The number of fused-ring (bicyclic) bond motifs is 1. The number of quaternary nitrogens is 1. The van der Waals surface area contributed by atoms with E-state index < -0.39 is 6.42 Å². The third-order valence-corrected chi connectivity index (χ3v) is 9.01. The molecule has 1 aromatic carbocycles. The third-order valence-electron chi connectivity index (χ3n) is 5.12. The molecule has 1 saturated heterocycles. The first-order valence-corrected chi connectivity index (χ1v) is 12.1. The molecule has 1 N–H and O–H groups in total. The van der Waals surface area contributed by atoms with Crippen LogP contribution in [-0.2, 0) is 16.3 Å². The normalized spacial score (nSPS) is 27.2. The number of hydrogen-bond donors (Lipinski definition) is 1. The second kappa shape index (κ2) is 6.96. The van der Waals surface area contributed by atoms with Crippen LogP contribution in [0.15, 0.2) is 46.4 Å². The summed E-state index contributed by atoms with van der Waals surface area (Å²) < 4.78 is 8.54. The molecule has 0 aromatic heterocycles. The van der Waals surface area contributed by atoms with Gasteiger partial charge < -0.3 is 9.42 Å². The van der Waals surface area contributed by atoms with E-state index in [-0.39, 0.29) is 6.10 Å². The van der Waals surface area contributed by atoms with Gasteiger partial charge in [0.25, 0.3) is 0 Å². The summed E-state index contributed by atoms with van der Waals surface area (Å²) in [4.78, 5) is 1.62. The van der Waals surface area contributed by atoms with Gasteiger partial charge in [-0.2, -0.15) is 5.10 Å². The fraction of sp³-hybridized carbons (Fsp3) is 0.526. The maximum absolute atomic E-state index is 6.49. The highest BCUT2D eigenvalue weighted by atomic mass is 32.4. The quantitative estimate of drug-likeness (QED) is 0.813. The predicted molar refractivity (Wildman–Crippen MR) is 108 cm³/mol. The van der Waals surface area contributed by atoms with E-state index in [0.717, 1.165) is 18.5 Å². The Balaban J connectivity index is 1.85. The van der Waals surface area contributed by atoms with Gasteiger partial charge in [0.2, 0.25) is 6.42 Å². The molecule has 2 heterocycles. The van der Waals surface area contributed by atoms with Crippen molar-refractivity contribution in [3.63, 3.8) is 0 Å². The number of hydrogen-bond acceptors (Lipinski definition) is 3. The molecule has 4 nitrogen and oxygen atoms in total. The smallest absolute Gasteiger partial charge is 0.213 e. The maximum atomic E-state index is 6.49. The number of likely N-dealkylation sites (tertiary alicyclic amines) is 1. The summed E-state index contributed by atoms with van der Waals surface area (Å²) in [7, 11) is 0. The van der Waals surface area contributed by atoms with E-state index in [1.807, 2.05) is 23.0 Å². The number of benzene rings is 1. The number of para-hydroxylation sites is 1. The molecule has 1 aromatic rings. The van der Waals surface area contributed by atoms with Gasteiger partial charge in [0.05, 0.1) is 30.6 Å². The summed E-state index contributed by atoms with van der Waals surface area (Å²) >= 11 is 6.29. The van der Waals surface area contributed by atoms with E-state index in [2.05, 4.69) is 26.0 Å². The number of allylic oxidation sites excluding steroid dienone is 2. The van der Waals surface area contributed by atoms with Crippen LogP contribution in [0.25, 0.3) is 0 Å². The molecule has 2 aliphatic heterocycles. The minimum Gasteiger partial charge on any atom is -0.327 e. The van der Waals surface area contributed by atoms with Crippen molar-refractivity contribution in [2.45, 2.75) is 52.1 Å². The van der Waals surface area contributed by atoms with Gasteiger partial charge in [-0.1, -0.05) is 18.2 Å². The van der Waals surface area contributed by atoms with E-state index in [4.69, 9.17) is 21.4 Å². The summed E-state index contributed by atoms with van der Waals surface area (Å²) in [6.45, 7) is 6.63. The summed E-state index contributed by atoms with van der Waals surface area (Å²) in [5.41, 5.74) is 3.75. The Labute approximate surface area is 155 Å². The number of hydrazone groups is 1. The largest absolute Gasteiger partial charge is 0.327 e. The van der Waals surface area contributed by atoms with Crippen LogP contribution >= 0.6 is 6.42 Å². The van der Waals surface area contributed by atoms with Crippen LogP contribution in [0.3, 0.4) is 0 Å². The van der Waals surface area contributed by atoms with Crippen molar-refractivity contribution in [3.05, 3.63) is 41.3 Å². The lowest BCUT2D eigenvalue weighted by molar-refractivity contribution is -0.849. The molecule has 6 heteroatoms. The molecule has 0 saturated carbocycles. The average Bonchev–Trinajstić information content (AvgIpc) is 3.22. The molecule has 25 heavy (non-hydrogen) atoms. The molecule has 4 rings (SSSR count). The standard InChI is InChI=1S/C19H26N3OPS/c1-15(2)23-24(25)19-17(20-22(24)16-9-4-3-5-10-16)11-8-12-18(19)21-13-6-7-14-21/h3-5,9-10,15H,6-8,11-14H2,1-2H3/p+1/t24-/m1/s1. The number of nitrogens with zero attached hydrogens (tertiary/aromatic N) is 2. The lowest BCUT2D eigenvalue weighted by Gasteiger charge is -2.32. The maximum Gasteiger partial charge on any atom is 0.213 e. The van der Waals surface area contributed by atoms with Crippen molar-refractivity contribution in [2.24, 2.45) is 5.10 Å². The molecular formula is C19H27N3OPS+. The first kappa shape index (κ1) is 17.4. The van der Waals surface area contributed by atoms with Crippen LogP contribution in [0, 0.1) is 0 Å². The molecule has 0 amide bonds. The zero-order chi connectivity index (χ0) is 17.4. The SMILES string of the molecule is CC(C)O[P@@]1(=S)C2=C([NH+]3CCCC3)CCCC2=NN1c1ccccc1. The zero-order valence-electron chi connectivity index (χ0n) is 15.1. The first-order valence-electron chi connectivity index (χ1n) is 9.40. The van der Waals surface area contributed by atoms with Gasteiger partial charge in [0, 0.05) is 19.3 Å². The predicted octanol–water partition coefficient (Wildman–Crippen LogP) is 3.67. The van der Waals surface area contributed by atoms with Crippen molar-refractivity contribution < 1.29 is 9.42 Å². The van der Waals surface area contributed by atoms with Gasteiger partial charge in [-0.05, 0) is 50.6 Å². The number of nitrogens with one attached hydrogen (secondary N) is 1. The molecule has 1 aliphatic carbocycles. The summed E-state index contributed by atoms with van der Waals surface area (Å²) in [5, 5.41) is 6.30. The van der Waals surface area contributed by atoms with E-state index in [1.165, 1.54) is 49.1 Å². The molecule has 134 valence electrons. The fourth-order valence-electron chi connectivity index (χ4n) is 4.14. The van der Waals surface area contributed by atoms with Crippen molar-refractivity contribution in [1.29, 1.82) is 0 Å². The van der Waals surface area contributed by atoms with Crippen molar-refractivity contribution in [2.75, 3.05) is 17.9 Å². The molecule has 0 unspecified atom stereocenters. The van der Waals surface area contributed by atoms with Gasteiger partial charge in [0.1, 0.15) is 11.0 Å². The second-order valence-corrected chi connectivity index (χ2v) is 10.9. The monoisotopic (exact) mass is 376 g/mol. The Morgan fingerprint density at radius 3 is 2.52 bits per heavy atom. The summed E-state index contributed by atoms with van der Waals surface area (Å²) in [6, 6.07) is 10.3. The topological polar surface area (TPSA) is 29.3 Å². The first-order chi connectivity index (χ1) is 12.1. The highest BCUT2D eigenvalue weighted by Crippen LogP contribution is 2.66. The van der Waals surface area contributed by atoms with E-state index in [0.29, 0.717) is 0 Å². The lowest BCUT2D eigenvalue weighted by Crippen LogP contribution is -3.08. The van der Waals surface area contributed by atoms with E-state index in [9.17, 15) is 0 Å². The van der Waals surface area contributed by atoms with Crippen molar-refractivity contribution >= 4 is 29.6 Å². The van der Waals surface area contributed by atoms with Gasteiger partial charge in [0.15, 0.2) is 0 Å². The van der Waals surface area contributed by atoms with Gasteiger partial charge >= 0.3 is 0 Å². The molecule has 1 fully saturated rings. The van der Waals surface area contributed by atoms with Gasteiger partial charge in [-0.3, -0.25) is 0 Å². The minimum atomic E-state index is -2.38. The molecular weight excluding hydrogens is 349 g/mol. The van der Waals surface area contributed by atoms with Crippen LogP contribution in [0.2, 0.25) is 0 Å². The molecule has 0 bridgehead atoms. The Morgan fingerprint density at radius 2 is 1.84 bits per heavy atom. The highest BCUT2D eigenvalue weighted by molar-refractivity contribution is 8.15. The van der Waals surface area contributed by atoms with Crippen LogP contribution < -0.4 is 9.68 Å². The van der Waals surface area contributed by atoms with Crippen LogP contribution in [0.4, 0.5) is 5.69 Å². The lowest BCUT2D eigenvalue weighted by atomic mass is 10.0. The average molecular weight is 376 g/mol. The van der Waals surface area contributed by atoms with Crippen LogP contribution in [0.5, 0.6) is 0 Å². The Bertz CT molecular complexity index is 753. The summed E-state index contributed by atoms with van der Waals surface area (Å²) in [5.74, 6) is 0. The van der Waals surface area contributed by atoms with E-state index >= 15 is 0 Å². The molecule has 1 atom stereocenters. The molecule has 0 radical (unpaired) electrons. The zero-order valence-corrected chi connectivity index (χ0v) is 16.8. The summed E-state index contributed by atoms with van der Waals surface area (Å²) in [6.07, 6.45) is 3.70. The van der Waals surface area contributed by atoms with Gasteiger partial charge in [-0.25, -0.2) is 4.78 Å². The number of anilines is 1. The Morgan fingerprint density at radius 1 is 1.12 bits per heavy atom. The number of rotatable bonds is 4. The van der Waals surface area contributed by atoms with Crippen molar-refractivity contribution in [3.8, 4) is 0 Å². The van der Waals surface area contributed by atoms with E-state index in [1.54, 1.807) is 4.90 Å². The van der Waals surface area contributed by atoms with Crippen LogP contribution in [0.1, 0.15) is 46.0 Å². The Kier molecular flexibility index (Phi) is 4.85. The Hall–Kier alpha value is -1.00. The molecule has 3 aliphatic rings. The van der Waals surface area contributed by atoms with Gasteiger partial charge in [-0.15, -0.1) is 0 Å². The van der Waals surface area contributed by atoms with Crippen LogP contribution in [-0.4, -0.2) is 24.9 Å². The third kappa shape index (κ3) is 3.12. The second-order valence-electron chi connectivity index (χ2n) is 7.34. The highest BCUT2D eigenvalue weighted by Gasteiger charge is 2.47.